The highest BCUT2D eigenvalue weighted by Gasteiger charge is 2.29. The van der Waals surface area contributed by atoms with Gasteiger partial charge in [0, 0.05) is 48.4 Å². The number of aryl methyl sites for hydroxylation is 4. The SMILES string of the molecule is Cc1cccc(Nc2cc(C)nc(C3CCCCN3C(=O)/C=C/c3c(C)nn(C)c3C)n2)n1. The van der Waals surface area contributed by atoms with Gasteiger partial charge in [-0.2, -0.15) is 5.10 Å². The number of pyridine rings is 1. The number of nitrogens with zero attached hydrogens (tertiary/aromatic N) is 6. The molecule has 0 radical (unpaired) electrons. The number of carbonyl (C=O) groups excluding carboxylic acids is 1. The van der Waals surface area contributed by atoms with Gasteiger partial charge < -0.3 is 10.2 Å². The van der Waals surface area contributed by atoms with E-state index in [2.05, 4.69) is 15.4 Å². The smallest absolute Gasteiger partial charge is 0.247 e. The van der Waals surface area contributed by atoms with Gasteiger partial charge in [-0.1, -0.05) is 6.07 Å². The lowest BCUT2D eigenvalue weighted by atomic mass is 10.0. The molecule has 0 saturated carbocycles. The molecule has 0 bridgehead atoms. The summed E-state index contributed by atoms with van der Waals surface area (Å²) in [5.74, 6) is 2.06. The molecule has 1 N–H and O–H groups in total. The molecule has 1 fully saturated rings. The molecule has 3 aromatic rings. The topological polar surface area (TPSA) is 88.8 Å². The van der Waals surface area contributed by atoms with Crippen LogP contribution in [-0.2, 0) is 11.8 Å². The van der Waals surface area contributed by atoms with Crippen LogP contribution in [0.5, 0.6) is 0 Å². The predicted octanol–water partition coefficient (Wildman–Crippen LogP) is 4.35. The van der Waals surface area contributed by atoms with Crippen molar-refractivity contribution in [1.29, 1.82) is 0 Å². The molecular weight excluding hydrogens is 414 g/mol. The second-order valence-corrected chi connectivity index (χ2v) is 8.63. The summed E-state index contributed by atoms with van der Waals surface area (Å²) >= 11 is 0. The van der Waals surface area contributed by atoms with E-state index in [0.29, 0.717) is 18.2 Å². The third-order valence-corrected chi connectivity index (χ3v) is 6.06. The van der Waals surface area contributed by atoms with E-state index in [1.54, 1.807) is 6.08 Å². The fourth-order valence-electron chi connectivity index (χ4n) is 4.29. The third-order valence-electron chi connectivity index (χ3n) is 6.06. The largest absolute Gasteiger partial charge is 0.329 e. The highest BCUT2D eigenvalue weighted by molar-refractivity contribution is 5.92. The molecule has 8 heteroatoms. The first-order valence-electron chi connectivity index (χ1n) is 11.4. The Morgan fingerprint density at radius 2 is 1.88 bits per heavy atom. The average molecular weight is 446 g/mol. The van der Waals surface area contributed by atoms with Crippen molar-refractivity contribution in [3.8, 4) is 0 Å². The van der Waals surface area contributed by atoms with Crippen molar-refractivity contribution in [2.45, 2.75) is 53.0 Å². The predicted molar refractivity (Wildman–Crippen MR) is 129 cm³/mol. The Morgan fingerprint density at radius 3 is 2.61 bits per heavy atom. The summed E-state index contributed by atoms with van der Waals surface area (Å²) in [4.78, 5) is 29.1. The average Bonchev–Trinajstić information content (AvgIpc) is 3.02. The van der Waals surface area contributed by atoms with Crippen LogP contribution in [0.4, 0.5) is 11.6 Å². The van der Waals surface area contributed by atoms with Gasteiger partial charge in [0.2, 0.25) is 5.91 Å². The fourth-order valence-corrected chi connectivity index (χ4v) is 4.29. The van der Waals surface area contributed by atoms with Gasteiger partial charge >= 0.3 is 0 Å². The van der Waals surface area contributed by atoms with Gasteiger partial charge in [-0.05, 0) is 65.2 Å². The zero-order valence-corrected chi connectivity index (χ0v) is 20.0. The van der Waals surface area contributed by atoms with Crippen molar-refractivity contribution >= 4 is 23.6 Å². The molecule has 1 amide bonds. The van der Waals surface area contributed by atoms with Crippen LogP contribution in [0.15, 0.2) is 30.3 Å². The molecule has 0 aliphatic carbocycles. The molecule has 3 aromatic heterocycles. The van der Waals surface area contributed by atoms with Crippen molar-refractivity contribution < 1.29 is 4.79 Å². The minimum absolute atomic E-state index is 0.0256. The van der Waals surface area contributed by atoms with Crippen molar-refractivity contribution in [3.05, 3.63) is 64.5 Å². The normalized spacial score (nSPS) is 16.4. The van der Waals surface area contributed by atoms with E-state index in [1.807, 2.05) is 74.7 Å². The maximum atomic E-state index is 13.2. The van der Waals surface area contributed by atoms with E-state index in [-0.39, 0.29) is 11.9 Å². The summed E-state index contributed by atoms with van der Waals surface area (Å²) in [5.41, 5.74) is 4.72. The van der Waals surface area contributed by atoms with Crippen LogP contribution < -0.4 is 5.32 Å². The van der Waals surface area contributed by atoms with Crippen LogP contribution >= 0.6 is 0 Å². The molecule has 1 aliphatic heterocycles. The number of carbonyl (C=O) groups is 1. The second-order valence-electron chi connectivity index (χ2n) is 8.63. The third kappa shape index (κ3) is 5.10. The molecule has 4 rings (SSSR count). The monoisotopic (exact) mass is 445 g/mol. The van der Waals surface area contributed by atoms with Gasteiger partial charge in [0.25, 0.3) is 0 Å². The molecule has 33 heavy (non-hydrogen) atoms. The summed E-state index contributed by atoms with van der Waals surface area (Å²) in [6, 6.07) is 7.57. The first kappa shape index (κ1) is 22.6. The number of anilines is 2. The molecule has 8 nitrogen and oxygen atoms in total. The Hall–Kier alpha value is -3.55. The lowest BCUT2D eigenvalue weighted by Gasteiger charge is -2.34. The van der Waals surface area contributed by atoms with Gasteiger partial charge in [-0.3, -0.25) is 9.48 Å². The molecular formula is C25H31N7O. The number of piperidine rings is 1. The van der Waals surface area contributed by atoms with Crippen LogP contribution in [0.1, 0.15) is 59.5 Å². The summed E-state index contributed by atoms with van der Waals surface area (Å²) in [7, 11) is 1.91. The Morgan fingerprint density at radius 1 is 1.06 bits per heavy atom. The number of hydrogen-bond acceptors (Lipinski definition) is 6. The first-order valence-corrected chi connectivity index (χ1v) is 11.4. The van der Waals surface area contributed by atoms with E-state index < -0.39 is 0 Å². The van der Waals surface area contributed by atoms with E-state index >= 15 is 0 Å². The van der Waals surface area contributed by atoms with E-state index in [0.717, 1.165) is 53.4 Å². The minimum atomic E-state index is -0.155. The van der Waals surface area contributed by atoms with E-state index in [1.165, 1.54) is 0 Å². The number of likely N-dealkylation sites (tertiary alicyclic amines) is 1. The molecule has 1 atom stereocenters. The Kier molecular flexibility index (Phi) is 6.53. The second kappa shape index (κ2) is 9.52. The lowest BCUT2D eigenvalue weighted by Crippen LogP contribution is -2.38. The van der Waals surface area contributed by atoms with Crippen LogP contribution in [0.3, 0.4) is 0 Å². The summed E-state index contributed by atoms with van der Waals surface area (Å²) in [6.07, 6.45) is 6.39. The number of hydrogen-bond donors (Lipinski definition) is 1. The lowest BCUT2D eigenvalue weighted by molar-refractivity contribution is -0.129. The molecule has 0 aromatic carbocycles. The van der Waals surface area contributed by atoms with E-state index in [9.17, 15) is 4.79 Å². The van der Waals surface area contributed by atoms with Gasteiger partial charge in [-0.25, -0.2) is 15.0 Å². The zero-order chi connectivity index (χ0) is 23.5. The van der Waals surface area contributed by atoms with Crippen molar-refractivity contribution in [2.24, 2.45) is 7.05 Å². The molecule has 1 aliphatic rings. The van der Waals surface area contributed by atoms with Gasteiger partial charge in [0.1, 0.15) is 11.6 Å². The van der Waals surface area contributed by atoms with Crippen LogP contribution in [0.25, 0.3) is 6.08 Å². The molecule has 1 unspecified atom stereocenters. The Balaban J connectivity index is 1.58. The van der Waals surface area contributed by atoms with Gasteiger partial charge in [0.05, 0.1) is 11.7 Å². The summed E-state index contributed by atoms with van der Waals surface area (Å²) in [5, 5.41) is 7.71. The summed E-state index contributed by atoms with van der Waals surface area (Å²) in [6.45, 7) is 8.56. The Labute approximate surface area is 194 Å². The fraction of sp³-hybridized carbons (Fsp3) is 0.400. The zero-order valence-electron chi connectivity index (χ0n) is 20.0. The highest BCUT2D eigenvalue weighted by Crippen LogP contribution is 2.30. The number of amides is 1. The maximum absolute atomic E-state index is 13.2. The highest BCUT2D eigenvalue weighted by atomic mass is 16.2. The Bertz CT molecular complexity index is 1200. The molecule has 0 spiro atoms. The number of nitrogens with one attached hydrogen (secondary N) is 1. The quantitative estimate of drug-likeness (QED) is 0.588. The molecule has 1 saturated heterocycles. The van der Waals surface area contributed by atoms with Crippen molar-refractivity contribution in [2.75, 3.05) is 11.9 Å². The van der Waals surface area contributed by atoms with E-state index in [4.69, 9.17) is 9.97 Å². The van der Waals surface area contributed by atoms with Crippen LogP contribution in [0.2, 0.25) is 0 Å². The standard InChI is InChI=1S/C25H31N7O/c1-16-9-8-11-22(26-16)28-23-15-17(2)27-25(29-23)21-10-6-7-14-32(21)24(33)13-12-20-18(3)30-31(5)19(20)4/h8-9,11-13,15,21H,6-7,10,14H2,1-5H3,(H,26,27,28,29)/b13-12+. The molecule has 4 heterocycles. The maximum Gasteiger partial charge on any atom is 0.247 e. The van der Waals surface area contributed by atoms with Gasteiger partial charge in [0.15, 0.2) is 5.82 Å². The van der Waals surface area contributed by atoms with Crippen LogP contribution in [-0.4, -0.2) is 42.1 Å². The summed E-state index contributed by atoms with van der Waals surface area (Å²) < 4.78 is 1.83. The minimum Gasteiger partial charge on any atom is -0.329 e. The number of rotatable bonds is 5. The van der Waals surface area contributed by atoms with Gasteiger partial charge in [-0.15, -0.1) is 0 Å². The van der Waals surface area contributed by atoms with Crippen molar-refractivity contribution in [3.63, 3.8) is 0 Å². The van der Waals surface area contributed by atoms with Crippen LogP contribution in [0, 0.1) is 27.7 Å². The first-order chi connectivity index (χ1) is 15.8. The molecule has 172 valence electrons. The number of aromatic nitrogens is 5. The van der Waals surface area contributed by atoms with Crippen molar-refractivity contribution in [1.82, 2.24) is 29.6 Å².